The van der Waals surface area contributed by atoms with E-state index in [0.717, 1.165) is 12.8 Å². The van der Waals surface area contributed by atoms with E-state index in [0.29, 0.717) is 13.2 Å². The number of hydrogen-bond donors (Lipinski definition) is 0. The van der Waals surface area contributed by atoms with Crippen molar-refractivity contribution in [3.63, 3.8) is 0 Å². The third kappa shape index (κ3) is 3.57. The van der Waals surface area contributed by atoms with E-state index in [4.69, 9.17) is 4.74 Å². The van der Waals surface area contributed by atoms with E-state index in [1.165, 1.54) is 9.77 Å². The smallest absolute Gasteiger partial charge is 0.218 e. The molecule has 0 spiro atoms. The van der Waals surface area contributed by atoms with Gasteiger partial charge < -0.3 is 4.74 Å². The average Bonchev–Trinajstić information content (AvgIpc) is 3.13. The Balaban J connectivity index is 2.01. The monoisotopic (exact) mass is 267 g/mol. The van der Waals surface area contributed by atoms with E-state index in [1.807, 2.05) is 24.3 Å². The number of nitrogens with zero attached hydrogens (tertiary/aromatic N) is 1. The second kappa shape index (κ2) is 5.42. The highest BCUT2D eigenvalue weighted by molar-refractivity contribution is 7.88. The zero-order valence-corrected chi connectivity index (χ0v) is 11.6. The van der Waals surface area contributed by atoms with Crippen LogP contribution >= 0.6 is 0 Å². The molecule has 1 saturated heterocycles. The van der Waals surface area contributed by atoms with Gasteiger partial charge >= 0.3 is 0 Å². The number of hydrogen-bond acceptors (Lipinski definition) is 3. The molecule has 2 rings (SSSR count). The zero-order valence-electron chi connectivity index (χ0n) is 10.8. The van der Waals surface area contributed by atoms with Crippen molar-refractivity contribution in [3.05, 3.63) is 29.8 Å². The molecule has 0 aliphatic carbocycles. The van der Waals surface area contributed by atoms with Gasteiger partial charge in [-0.1, -0.05) is 36.6 Å². The van der Waals surface area contributed by atoms with E-state index in [9.17, 15) is 8.42 Å². The molecule has 0 aromatic heterocycles. The summed E-state index contributed by atoms with van der Waals surface area (Å²) >= 11 is 0. The Hall–Kier alpha value is -0.845. The third-order valence-corrected chi connectivity index (χ3v) is 4.92. The molecular formula is C12H18BNO3S. The van der Waals surface area contributed by atoms with Crippen LogP contribution in [0.3, 0.4) is 0 Å². The van der Waals surface area contributed by atoms with Gasteiger partial charge in [0.2, 0.25) is 10.0 Å². The largest absolute Gasteiger partial charge is 0.372 e. The lowest BCUT2D eigenvalue weighted by Gasteiger charge is -2.16. The van der Waals surface area contributed by atoms with Crippen LogP contribution in [0.5, 0.6) is 0 Å². The minimum absolute atomic E-state index is 0.0558. The van der Waals surface area contributed by atoms with Crippen LogP contribution in [0.2, 0.25) is 6.82 Å². The van der Waals surface area contributed by atoms with Gasteiger partial charge in [-0.2, -0.15) is 0 Å². The van der Waals surface area contributed by atoms with Gasteiger partial charge in [-0.15, -0.1) is 0 Å². The summed E-state index contributed by atoms with van der Waals surface area (Å²) in [5.74, 6) is 0.0558. The molecule has 1 aliphatic rings. The predicted molar refractivity (Wildman–Crippen MR) is 74.1 cm³/mol. The average molecular weight is 267 g/mol. The van der Waals surface area contributed by atoms with Crippen LogP contribution in [0.4, 0.5) is 0 Å². The molecule has 98 valence electrons. The van der Waals surface area contributed by atoms with Gasteiger partial charge in [-0.3, -0.25) is 0 Å². The number of ether oxygens (including phenoxy) is 1. The predicted octanol–water partition coefficient (Wildman–Crippen LogP) is -0.0431. The maximum atomic E-state index is 12.1. The highest BCUT2D eigenvalue weighted by Gasteiger charge is 2.29. The molecule has 0 amide bonds. The fourth-order valence-electron chi connectivity index (χ4n) is 1.77. The third-order valence-electron chi connectivity index (χ3n) is 3.12. The van der Waals surface area contributed by atoms with Crippen molar-refractivity contribution in [2.24, 2.45) is 0 Å². The van der Waals surface area contributed by atoms with Gasteiger partial charge in [-0.25, -0.2) is 12.7 Å². The quantitative estimate of drug-likeness (QED) is 0.536. The van der Waals surface area contributed by atoms with Crippen LogP contribution in [0.15, 0.2) is 24.3 Å². The second-order valence-corrected chi connectivity index (χ2v) is 6.74. The SMILES string of the molecule is CBc1ccc(CS(=O)(=O)N(C)CC2CO2)cc1. The summed E-state index contributed by atoms with van der Waals surface area (Å²) in [5, 5.41) is 0. The van der Waals surface area contributed by atoms with Crippen LogP contribution in [0.1, 0.15) is 5.56 Å². The molecule has 1 heterocycles. The first-order valence-electron chi connectivity index (χ1n) is 6.14. The summed E-state index contributed by atoms with van der Waals surface area (Å²) in [4.78, 5) is 0. The first-order chi connectivity index (χ1) is 8.51. The first-order valence-corrected chi connectivity index (χ1v) is 7.75. The second-order valence-electron chi connectivity index (χ2n) is 4.66. The zero-order chi connectivity index (χ0) is 13.2. The minimum atomic E-state index is -3.23. The van der Waals surface area contributed by atoms with Crippen LogP contribution in [-0.2, 0) is 20.5 Å². The highest BCUT2D eigenvalue weighted by atomic mass is 32.2. The lowest BCUT2D eigenvalue weighted by Crippen LogP contribution is -2.31. The topological polar surface area (TPSA) is 49.9 Å². The molecule has 0 radical (unpaired) electrons. The molecule has 1 aromatic rings. The van der Waals surface area contributed by atoms with Gasteiger partial charge in [0, 0.05) is 13.6 Å². The molecule has 1 atom stereocenters. The maximum absolute atomic E-state index is 12.1. The van der Waals surface area contributed by atoms with Crippen molar-refractivity contribution in [1.82, 2.24) is 4.31 Å². The number of sulfonamides is 1. The molecule has 0 saturated carbocycles. The molecule has 1 fully saturated rings. The van der Waals surface area contributed by atoms with Crippen molar-refractivity contribution >= 4 is 22.8 Å². The van der Waals surface area contributed by atoms with Gasteiger partial charge in [0.05, 0.1) is 18.5 Å². The minimum Gasteiger partial charge on any atom is -0.372 e. The Morgan fingerprint density at radius 2 is 2.00 bits per heavy atom. The highest BCUT2D eigenvalue weighted by Crippen LogP contribution is 2.14. The van der Waals surface area contributed by atoms with Crippen molar-refractivity contribution in [1.29, 1.82) is 0 Å². The molecule has 18 heavy (non-hydrogen) atoms. The van der Waals surface area contributed by atoms with Crippen molar-refractivity contribution < 1.29 is 13.2 Å². The Bertz CT molecular complexity index is 497. The van der Waals surface area contributed by atoms with Crippen molar-refractivity contribution in [3.8, 4) is 0 Å². The number of likely N-dealkylation sites (N-methyl/N-ethyl adjacent to an activating group) is 1. The summed E-state index contributed by atoms with van der Waals surface area (Å²) in [7, 11) is -0.662. The number of rotatable bonds is 6. The molecule has 1 aromatic carbocycles. The van der Waals surface area contributed by atoms with E-state index in [-0.39, 0.29) is 11.9 Å². The summed E-state index contributed by atoms with van der Waals surface area (Å²) in [5.41, 5.74) is 2.05. The van der Waals surface area contributed by atoms with E-state index < -0.39 is 10.0 Å². The normalized spacial score (nSPS) is 18.9. The van der Waals surface area contributed by atoms with Crippen LogP contribution in [0, 0.1) is 0 Å². The van der Waals surface area contributed by atoms with Gasteiger partial charge in [0.15, 0.2) is 7.28 Å². The molecule has 1 unspecified atom stereocenters. The summed E-state index contributed by atoms with van der Waals surface area (Å²) in [6.45, 7) is 3.20. The van der Waals surface area contributed by atoms with Crippen molar-refractivity contribution in [2.75, 3.05) is 20.2 Å². The van der Waals surface area contributed by atoms with Gasteiger partial charge in [0.1, 0.15) is 0 Å². The Kier molecular flexibility index (Phi) is 4.09. The van der Waals surface area contributed by atoms with Crippen LogP contribution in [-0.4, -0.2) is 46.3 Å². The maximum Gasteiger partial charge on any atom is 0.218 e. The van der Waals surface area contributed by atoms with Crippen LogP contribution < -0.4 is 5.46 Å². The molecular weight excluding hydrogens is 249 g/mol. The van der Waals surface area contributed by atoms with E-state index in [1.54, 1.807) is 7.05 Å². The number of epoxide rings is 1. The number of benzene rings is 1. The summed E-state index contributed by atoms with van der Waals surface area (Å²) < 4.78 is 30.6. The molecule has 4 nitrogen and oxygen atoms in total. The Morgan fingerprint density at radius 3 is 2.50 bits per heavy atom. The van der Waals surface area contributed by atoms with Crippen molar-refractivity contribution in [2.45, 2.75) is 18.7 Å². The first kappa shape index (κ1) is 13.6. The molecule has 0 bridgehead atoms. The molecule has 0 N–H and O–H groups in total. The fraction of sp³-hybridized carbons (Fsp3) is 0.500. The summed E-state index contributed by atoms with van der Waals surface area (Å²) in [6, 6.07) is 7.74. The lowest BCUT2D eigenvalue weighted by molar-refractivity contribution is 0.359. The Morgan fingerprint density at radius 1 is 1.39 bits per heavy atom. The van der Waals surface area contributed by atoms with Gasteiger partial charge in [-0.05, 0) is 5.56 Å². The molecule has 1 aliphatic heterocycles. The Labute approximate surface area is 109 Å². The van der Waals surface area contributed by atoms with Crippen LogP contribution in [0.25, 0.3) is 0 Å². The van der Waals surface area contributed by atoms with E-state index in [2.05, 4.69) is 6.82 Å². The molecule has 6 heteroatoms. The van der Waals surface area contributed by atoms with Gasteiger partial charge in [0.25, 0.3) is 0 Å². The summed E-state index contributed by atoms with van der Waals surface area (Å²) in [6.07, 6.45) is 0.0900. The fourth-order valence-corrected chi connectivity index (χ4v) is 2.99. The lowest BCUT2D eigenvalue weighted by atomic mass is 9.73. The van der Waals surface area contributed by atoms with E-state index >= 15 is 0 Å². The standard InChI is InChI=1S/C12H18BNO3S/c1-13-11-5-3-10(4-6-11)9-18(15,16)14(2)7-12-8-17-12/h3-6,12-13H,7-9H2,1-2H3.